The zero-order chi connectivity index (χ0) is 38.9. The number of phenolic OH excluding ortho intramolecular Hbond substituents is 1. The van der Waals surface area contributed by atoms with E-state index in [0.717, 1.165) is 80.2 Å². The molecule has 3 aromatic rings. The van der Waals surface area contributed by atoms with Gasteiger partial charge in [-0.1, -0.05) is 110 Å². The second-order valence-electron chi connectivity index (χ2n) is 18.1. The molecule has 2 fully saturated rings. The Morgan fingerprint density at radius 3 is 2.34 bits per heavy atom. The Morgan fingerprint density at radius 1 is 0.768 bits per heavy atom. The number of phenols is 1. The molecular weight excluding hydrogens is 697 g/mol. The van der Waals surface area contributed by atoms with Gasteiger partial charge in [-0.25, -0.2) is 0 Å². The smallest absolute Gasteiger partial charge is 0.308 e. The van der Waals surface area contributed by atoms with Crippen molar-refractivity contribution in [1.29, 1.82) is 0 Å². The Labute approximate surface area is 332 Å². The van der Waals surface area contributed by atoms with E-state index in [-0.39, 0.29) is 36.2 Å². The maximum Gasteiger partial charge on any atom is 0.308 e. The largest absolute Gasteiger partial charge is 0.511 e. The third-order valence-corrected chi connectivity index (χ3v) is 15.0. The van der Waals surface area contributed by atoms with Crippen LogP contribution >= 0.6 is 0 Å². The number of carbonyl (C=O) groups is 1. The molecule has 9 rings (SSSR count). The van der Waals surface area contributed by atoms with Crippen LogP contribution < -0.4 is 10.4 Å². The number of unbranched alkanes of at least 4 members (excludes halogenated alkanes) is 3. The zero-order valence-electron chi connectivity index (χ0n) is 32.8. The van der Waals surface area contributed by atoms with Crippen LogP contribution in [0.3, 0.4) is 0 Å². The second kappa shape index (κ2) is 16.4. The maximum absolute atomic E-state index is 13.8. The van der Waals surface area contributed by atoms with Gasteiger partial charge in [0.15, 0.2) is 0 Å². The quantitative estimate of drug-likeness (QED) is 0.0991. The van der Waals surface area contributed by atoms with E-state index in [4.69, 9.17) is 0 Å². The van der Waals surface area contributed by atoms with Gasteiger partial charge in [-0.15, -0.1) is 0 Å². The lowest BCUT2D eigenvalue weighted by molar-refractivity contribution is -0.148. The van der Waals surface area contributed by atoms with Gasteiger partial charge >= 0.3 is 5.97 Å². The van der Waals surface area contributed by atoms with Crippen LogP contribution in [0.15, 0.2) is 96.1 Å². The maximum atomic E-state index is 13.8. The minimum absolute atomic E-state index is 0.119. The van der Waals surface area contributed by atoms with Gasteiger partial charge in [0.25, 0.3) is 0 Å². The van der Waals surface area contributed by atoms with Gasteiger partial charge in [0.1, 0.15) is 11.5 Å². The van der Waals surface area contributed by atoms with E-state index in [1.807, 2.05) is 30.3 Å². The molecule has 8 unspecified atom stereocenters. The summed E-state index contributed by atoms with van der Waals surface area (Å²) in [6.07, 6.45) is 21.2. The summed E-state index contributed by atoms with van der Waals surface area (Å²) in [5.41, 5.74) is 4.94. The predicted molar refractivity (Wildman–Crippen MR) is 221 cm³/mol. The summed E-state index contributed by atoms with van der Waals surface area (Å²) >= 11 is 0. The molecule has 0 amide bonds. The van der Waals surface area contributed by atoms with Crippen molar-refractivity contribution in [3.8, 4) is 5.75 Å². The number of carboxylic acid groups (broad SMARTS) is 1. The standard InChI is InChI=1S/C50H60O6/c51-31-36-15-14-33(24-36)8-3-1-2-4-11-41-26-34-20-22-49(41,40-16-18-43(53)19-17-40)29-35-9-7-12-42(27-35)50(46(48(55)56)39(25-34)32-52)23-21-38-28-37-10-5-6-13-44(37)47(54)45(38)30-50/h5-7,9-10,12-13,16-19,24-25,27-28,33,38-39,41,45-46,51-54H,1-4,8,11,14-15,20-23,26,29-32H2,(H,55,56). The van der Waals surface area contributed by atoms with Crippen molar-refractivity contribution in [2.75, 3.05) is 13.2 Å². The summed E-state index contributed by atoms with van der Waals surface area (Å²) in [6.45, 7) is -0.0544. The second-order valence-corrected chi connectivity index (χ2v) is 18.1. The molecule has 0 heterocycles. The molecular formula is C50H60O6. The van der Waals surface area contributed by atoms with E-state index in [2.05, 4.69) is 60.7 Å². The van der Waals surface area contributed by atoms with Gasteiger partial charge < -0.3 is 25.5 Å². The Bertz CT molecular complexity index is 2080. The first-order chi connectivity index (χ1) is 27.2. The van der Waals surface area contributed by atoms with E-state index in [1.165, 1.54) is 41.5 Å². The van der Waals surface area contributed by atoms with Crippen LogP contribution in [-0.2, 0) is 22.0 Å². The number of rotatable bonds is 11. The topological polar surface area (TPSA) is 118 Å². The number of aromatic hydroxyl groups is 1. The number of hydrogen-bond donors (Lipinski definition) is 5. The van der Waals surface area contributed by atoms with Gasteiger partial charge in [-0.3, -0.25) is 4.79 Å². The first kappa shape index (κ1) is 38.7. The molecule has 8 atom stereocenters. The highest BCUT2D eigenvalue weighted by Crippen LogP contribution is 2.56. The monoisotopic (exact) mass is 756 g/mol. The lowest BCUT2D eigenvalue weighted by Gasteiger charge is -2.51. The highest BCUT2D eigenvalue weighted by molar-refractivity contribution is 5.74. The first-order valence-electron chi connectivity index (χ1n) is 21.5. The van der Waals surface area contributed by atoms with Crippen LogP contribution in [0, 0.1) is 35.5 Å². The lowest BCUT2D eigenvalue weighted by Crippen LogP contribution is -2.51. The molecule has 5 N–H and O–H groups in total. The van der Waals surface area contributed by atoms with Gasteiger partial charge in [0.05, 0.1) is 19.1 Å². The number of benzene rings is 3. The van der Waals surface area contributed by atoms with Crippen molar-refractivity contribution in [3.05, 3.63) is 123 Å². The molecule has 296 valence electrons. The van der Waals surface area contributed by atoms with Gasteiger partial charge in [0.2, 0.25) is 0 Å². The molecule has 6 heteroatoms. The molecule has 6 aliphatic rings. The SMILES string of the molecule is O=C(O)C1C(CO)C=C2CCC(c3ccc(O)cc3)(Cc3cccc(c3)C13CCC1C=c4ccccc4=C(O)C1C3)C(CCCCCCC1C=C(CO)CC1)C2. The molecule has 2 saturated carbocycles. The van der Waals surface area contributed by atoms with Gasteiger partial charge in [-0.05, 0) is 128 Å². The molecule has 0 aromatic heterocycles. The average molecular weight is 757 g/mol. The summed E-state index contributed by atoms with van der Waals surface area (Å²) in [4.78, 5) is 13.8. The van der Waals surface area contributed by atoms with Crippen LogP contribution in [-0.4, -0.2) is 44.7 Å². The fraction of sp³-hybridized carbons (Fsp3) is 0.500. The Hall–Kier alpha value is -4.13. The summed E-state index contributed by atoms with van der Waals surface area (Å²) in [7, 11) is 0. The predicted octanol–water partition coefficient (Wildman–Crippen LogP) is 8.41. The Kier molecular flexibility index (Phi) is 11.3. The fourth-order valence-corrected chi connectivity index (χ4v) is 12.2. The van der Waals surface area contributed by atoms with E-state index in [0.29, 0.717) is 30.4 Å². The molecule has 6 aliphatic carbocycles. The first-order valence-corrected chi connectivity index (χ1v) is 21.5. The molecule has 0 aliphatic heterocycles. The van der Waals surface area contributed by atoms with Crippen LogP contribution in [0.1, 0.15) is 107 Å². The minimum atomic E-state index is -0.882. The van der Waals surface area contributed by atoms with Crippen molar-refractivity contribution in [3.63, 3.8) is 0 Å². The van der Waals surface area contributed by atoms with Gasteiger partial charge in [-0.2, -0.15) is 0 Å². The highest BCUT2D eigenvalue weighted by atomic mass is 16.4. The number of hydrogen-bond acceptors (Lipinski definition) is 5. The summed E-state index contributed by atoms with van der Waals surface area (Å²) in [5, 5.41) is 56.1. The van der Waals surface area contributed by atoms with Crippen molar-refractivity contribution in [2.45, 2.75) is 107 Å². The normalized spacial score (nSPS) is 31.0. The summed E-state index contributed by atoms with van der Waals surface area (Å²) in [6, 6.07) is 24.6. The molecule has 1 spiro atoms. The number of allylic oxidation sites excluding steroid dienone is 2. The number of aliphatic hydroxyl groups excluding tert-OH is 3. The van der Waals surface area contributed by atoms with Crippen LogP contribution in [0.25, 0.3) is 11.8 Å². The van der Waals surface area contributed by atoms with Crippen LogP contribution in [0.4, 0.5) is 0 Å². The average Bonchev–Trinajstić information content (AvgIpc) is 3.68. The lowest BCUT2D eigenvalue weighted by atomic mass is 9.52. The molecule has 6 nitrogen and oxygen atoms in total. The van der Waals surface area contributed by atoms with Crippen LogP contribution in [0.2, 0.25) is 0 Å². The third kappa shape index (κ3) is 7.40. The Morgan fingerprint density at radius 2 is 1.57 bits per heavy atom. The number of aliphatic hydroxyl groups is 3. The van der Waals surface area contributed by atoms with Crippen LogP contribution in [0.5, 0.6) is 5.75 Å². The molecule has 3 aromatic carbocycles. The number of fused-ring (bicyclic) bond motifs is 6. The van der Waals surface area contributed by atoms with E-state index >= 15 is 0 Å². The third-order valence-electron chi connectivity index (χ3n) is 15.0. The van der Waals surface area contributed by atoms with E-state index in [1.54, 1.807) is 0 Å². The van der Waals surface area contributed by atoms with E-state index < -0.39 is 23.2 Å². The highest BCUT2D eigenvalue weighted by Gasteiger charge is 2.54. The van der Waals surface area contributed by atoms with Crippen molar-refractivity contribution >= 4 is 17.8 Å². The summed E-state index contributed by atoms with van der Waals surface area (Å²) < 4.78 is 0. The number of aliphatic carboxylic acids is 1. The summed E-state index contributed by atoms with van der Waals surface area (Å²) in [5.74, 6) is -0.852. The number of carboxylic acids is 1. The van der Waals surface area contributed by atoms with Crippen molar-refractivity contribution in [1.82, 2.24) is 0 Å². The molecule has 0 saturated heterocycles. The molecule has 0 radical (unpaired) electrons. The molecule has 56 heavy (non-hydrogen) atoms. The molecule has 4 bridgehead atoms. The van der Waals surface area contributed by atoms with Crippen molar-refractivity contribution < 1.29 is 30.3 Å². The zero-order valence-corrected chi connectivity index (χ0v) is 32.8. The minimum Gasteiger partial charge on any atom is -0.511 e. The fourth-order valence-electron chi connectivity index (χ4n) is 12.2. The van der Waals surface area contributed by atoms with Gasteiger partial charge in [0, 0.05) is 27.9 Å². The van der Waals surface area contributed by atoms with Crippen molar-refractivity contribution in [2.24, 2.45) is 35.5 Å². The Balaban J connectivity index is 1.15. The van der Waals surface area contributed by atoms with E-state index in [9.17, 15) is 30.3 Å².